The molecule has 3 heterocycles. The van der Waals surface area contributed by atoms with Crippen molar-refractivity contribution in [1.82, 2.24) is 14.7 Å². The van der Waals surface area contributed by atoms with Crippen molar-refractivity contribution >= 4 is 11.4 Å². The lowest BCUT2D eigenvalue weighted by Crippen LogP contribution is -2.25. The highest BCUT2D eigenvalue weighted by molar-refractivity contribution is 6.00. The van der Waals surface area contributed by atoms with Crippen molar-refractivity contribution in [2.24, 2.45) is 10.2 Å². The van der Waals surface area contributed by atoms with Gasteiger partial charge in [-0.25, -0.2) is 9.66 Å². The van der Waals surface area contributed by atoms with Gasteiger partial charge >= 0.3 is 0 Å². The first-order chi connectivity index (χ1) is 14.5. The van der Waals surface area contributed by atoms with E-state index in [2.05, 4.69) is 55.6 Å². The van der Waals surface area contributed by atoms with E-state index >= 15 is 0 Å². The van der Waals surface area contributed by atoms with Crippen LogP contribution < -0.4 is 0 Å². The lowest BCUT2D eigenvalue weighted by molar-refractivity contribution is 0.278. The Bertz CT molecular complexity index is 942. The molecule has 5 nitrogen and oxygen atoms in total. The molecule has 0 saturated carbocycles. The summed E-state index contributed by atoms with van der Waals surface area (Å²) in [4.78, 5) is 4.89. The number of aromatic nitrogens is 2. The zero-order valence-corrected chi connectivity index (χ0v) is 19.3. The number of allylic oxidation sites excluding steroid dienone is 1. The second-order valence-electron chi connectivity index (χ2n) is 7.81. The topological polar surface area (TPSA) is 45.8 Å². The average molecular weight is 406 g/mol. The zero-order valence-electron chi connectivity index (χ0n) is 19.3. The van der Waals surface area contributed by atoms with Crippen LogP contribution >= 0.6 is 0 Å². The van der Waals surface area contributed by atoms with Crippen molar-refractivity contribution in [3.05, 3.63) is 64.9 Å². The first kappa shape index (κ1) is 22.0. The van der Waals surface area contributed by atoms with Crippen molar-refractivity contribution in [2.75, 3.05) is 0 Å². The minimum absolute atomic E-state index is 0.454. The van der Waals surface area contributed by atoms with Gasteiger partial charge in [-0.2, -0.15) is 10.2 Å². The van der Waals surface area contributed by atoms with Gasteiger partial charge in [-0.1, -0.05) is 39.8 Å². The Morgan fingerprint density at radius 2 is 1.50 bits per heavy atom. The third kappa shape index (κ3) is 4.55. The van der Waals surface area contributed by atoms with E-state index in [9.17, 15) is 0 Å². The fraction of sp³-hybridized carbons (Fsp3) is 0.480. The van der Waals surface area contributed by atoms with Gasteiger partial charge in [0.25, 0.3) is 0 Å². The molecule has 0 N–H and O–H groups in total. The third-order valence-electron chi connectivity index (χ3n) is 5.83. The Labute approximate surface area is 181 Å². The van der Waals surface area contributed by atoms with E-state index < -0.39 is 0 Å². The molecule has 0 aliphatic carbocycles. The minimum atomic E-state index is 0.454. The van der Waals surface area contributed by atoms with Crippen LogP contribution in [0.5, 0.6) is 0 Å². The smallest absolute Gasteiger partial charge is 0.0867 e. The van der Waals surface area contributed by atoms with Gasteiger partial charge in [-0.3, -0.25) is 5.01 Å². The lowest BCUT2D eigenvalue weighted by atomic mass is 10.2. The van der Waals surface area contributed by atoms with Crippen LogP contribution in [0.15, 0.2) is 52.3 Å². The van der Waals surface area contributed by atoms with Crippen molar-refractivity contribution in [3.8, 4) is 0 Å². The van der Waals surface area contributed by atoms with E-state index in [1.807, 2.05) is 32.0 Å². The highest BCUT2D eigenvalue weighted by Crippen LogP contribution is 2.27. The number of rotatable bonds is 8. The maximum Gasteiger partial charge on any atom is 0.0867 e. The molecule has 2 aromatic heterocycles. The van der Waals surface area contributed by atoms with Gasteiger partial charge in [0, 0.05) is 17.1 Å². The molecule has 0 aromatic carbocycles. The van der Waals surface area contributed by atoms with E-state index in [0.717, 1.165) is 54.9 Å². The molecule has 1 aliphatic heterocycles. The van der Waals surface area contributed by atoms with E-state index in [1.54, 1.807) is 0 Å². The van der Waals surface area contributed by atoms with Gasteiger partial charge in [-0.15, -0.1) is 0 Å². The van der Waals surface area contributed by atoms with E-state index in [4.69, 9.17) is 15.2 Å². The minimum Gasteiger partial charge on any atom is -0.266 e. The standard InChI is InChI=1S/C25H35N5/c1-7-20-14-15-21(8-2)29(20)27-18(5)24-12-11-13-25(26-24)19(6)28-30-22(9-3)16-17-23(30)10-4/h11-16,23H,7-10,17H2,1-6H3/b27-18+,28-19+. The zero-order chi connectivity index (χ0) is 21.7. The first-order valence-electron chi connectivity index (χ1n) is 11.3. The maximum absolute atomic E-state index is 4.96. The summed E-state index contributed by atoms with van der Waals surface area (Å²) >= 11 is 0. The number of aryl methyl sites for hydroxylation is 2. The molecular weight excluding hydrogens is 370 g/mol. The Morgan fingerprint density at radius 3 is 2.03 bits per heavy atom. The van der Waals surface area contributed by atoms with Crippen molar-refractivity contribution < 1.29 is 0 Å². The average Bonchev–Trinajstić information content (AvgIpc) is 3.36. The molecule has 30 heavy (non-hydrogen) atoms. The molecule has 5 heteroatoms. The van der Waals surface area contributed by atoms with Crippen LogP contribution in [0, 0.1) is 0 Å². The SMILES string of the molecule is CCC1=CCC(CC)N1/N=C(\C)c1cccc(/C(C)=N/n2c(CC)ccc2CC)n1. The van der Waals surface area contributed by atoms with E-state index in [-0.39, 0.29) is 0 Å². The number of hydrogen-bond acceptors (Lipinski definition) is 4. The predicted molar refractivity (Wildman–Crippen MR) is 126 cm³/mol. The van der Waals surface area contributed by atoms with Gasteiger partial charge in [0.15, 0.2) is 0 Å². The molecule has 2 aromatic rings. The third-order valence-corrected chi connectivity index (χ3v) is 5.83. The van der Waals surface area contributed by atoms with Gasteiger partial charge in [0.1, 0.15) is 0 Å². The van der Waals surface area contributed by atoms with E-state index in [0.29, 0.717) is 6.04 Å². The molecule has 0 amide bonds. The van der Waals surface area contributed by atoms with Crippen molar-refractivity contribution in [1.29, 1.82) is 0 Å². The Morgan fingerprint density at radius 1 is 0.900 bits per heavy atom. The van der Waals surface area contributed by atoms with Crippen LogP contribution in [0.2, 0.25) is 0 Å². The molecule has 0 fully saturated rings. The summed E-state index contributed by atoms with van der Waals surface area (Å²) in [6, 6.07) is 10.9. The molecule has 160 valence electrons. The number of nitrogens with zero attached hydrogens (tertiary/aromatic N) is 5. The van der Waals surface area contributed by atoms with Crippen LogP contribution in [0.3, 0.4) is 0 Å². The molecule has 1 atom stereocenters. The van der Waals surface area contributed by atoms with Crippen molar-refractivity contribution in [2.45, 2.75) is 79.7 Å². The molecule has 1 unspecified atom stereocenters. The predicted octanol–water partition coefficient (Wildman–Crippen LogP) is 5.78. The monoisotopic (exact) mass is 405 g/mol. The largest absolute Gasteiger partial charge is 0.266 e. The lowest BCUT2D eigenvalue weighted by Gasteiger charge is -2.24. The summed E-state index contributed by atoms with van der Waals surface area (Å²) in [5.41, 5.74) is 7.39. The first-order valence-corrected chi connectivity index (χ1v) is 11.3. The van der Waals surface area contributed by atoms with Crippen LogP contribution in [-0.4, -0.2) is 32.1 Å². The number of hydrogen-bond donors (Lipinski definition) is 0. The second kappa shape index (κ2) is 9.88. The van der Waals surface area contributed by atoms with Crippen LogP contribution in [0.25, 0.3) is 0 Å². The molecule has 0 bridgehead atoms. The maximum atomic E-state index is 4.96. The molecule has 0 spiro atoms. The Hall–Kier alpha value is -2.69. The quantitative estimate of drug-likeness (QED) is 0.522. The molecule has 0 radical (unpaired) electrons. The van der Waals surface area contributed by atoms with E-state index in [1.165, 1.54) is 17.1 Å². The summed E-state index contributed by atoms with van der Waals surface area (Å²) < 4.78 is 2.07. The number of pyridine rings is 1. The van der Waals surface area contributed by atoms with Gasteiger partial charge in [-0.05, 0) is 70.2 Å². The highest BCUT2D eigenvalue weighted by Gasteiger charge is 2.23. The van der Waals surface area contributed by atoms with Gasteiger partial charge in [0.2, 0.25) is 0 Å². The van der Waals surface area contributed by atoms with Crippen LogP contribution in [0.4, 0.5) is 0 Å². The van der Waals surface area contributed by atoms with Crippen molar-refractivity contribution in [3.63, 3.8) is 0 Å². The summed E-state index contributed by atoms with van der Waals surface area (Å²) in [6.07, 6.45) is 7.40. The molecule has 0 saturated heterocycles. The normalized spacial score (nSPS) is 17.6. The molecule has 1 aliphatic rings. The fourth-order valence-electron chi connectivity index (χ4n) is 3.93. The molecule has 3 rings (SSSR count). The van der Waals surface area contributed by atoms with Gasteiger partial charge < -0.3 is 0 Å². The summed E-state index contributed by atoms with van der Waals surface area (Å²) in [5.74, 6) is 0. The number of hydrazone groups is 1. The highest BCUT2D eigenvalue weighted by atomic mass is 15.5. The Balaban J connectivity index is 1.91. The van der Waals surface area contributed by atoms with Gasteiger partial charge in [0.05, 0.1) is 28.9 Å². The summed E-state index contributed by atoms with van der Waals surface area (Å²) in [6.45, 7) is 12.8. The molecular formula is C25H35N5. The second-order valence-corrected chi connectivity index (χ2v) is 7.81. The van der Waals surface area contributed by atoms with Crippen LogP contribution in [-0.2, 0) is 12.8 Å². The fourth-order valence-corrected chi connectivity index (χ4v) is 3.93. The van der Waals surface area contributed by atoms with Crippen LogP contribution in [0.1, 0.15) is 83.6 Å². The summed E-state index contributed by atoms with van der Waals surface area (Å²) in [5, 5.41) is 12.1. The Kier molecular flexibility index (Phi) is 7.24. The summed E-state index contributed by atoms with van der Waals surface area (Å²) in [7, 11) is 0.